The van der Waals surface area contributed by atoms with Gasteiger partial charge in [-0.3, -0.25) is 9.89 Å². The van der Waals surface area contributed by atoms with Gasteiger partial charge in [0.25, 0.3) is 0 Å². The average molecular weight is 447 g/mol. The number of benzene rings is 1. The van der Waals surface area contributed by atoms with E-state index >= 15 is 0 Å². The van der Waals surface area contributed by atoms with Crippen molar-refractivity contribution in [1.82, 2.24) is 15.5 Å². The van der Waals surface area contributed by atoms with Crippen LogP contribution in [0.5, 0.6) is 0 Å². The molecular weight excluding hydrogens is 420 g/mol. The summed E-state index contributed by atoms with van der Waals surface area (Å²) in [6.45, 7) is 3.38. The van der Waals surface area contributed by atoms with E-state index in [0.717, 1.165) is 30.1 Å². The number of thiophene rings is 1. The van der Waals surface area contributed by atoms with Crippen molar-refractivity contribution in [2.24, 2.45) is 4.99 Å². The van der Waals surface area contributed by atoms with Crippen LogP contribution in [-0.2, 0) is 6.54 Å². The Bertz CT molecular complexity index is 751. The van der Waals surface area contributed by atoms with Gasteiger partial charge in [-0.1, -0.05) is 28.1 Å². The highest BCUT2D eigenvalue weighted by molar-refractivity contribution is 9.10. The monoisotopic (exact) mass is 446 g/mol. The first-order valence-corrected chi connectivity index (χ1v) is 11.4. The van der Waals surface area contributed by atoms with Crippen molar-refractivity contribution < 1.29 is 0 Å². The van der Waals surface area contributed by atoms with Crippen LogP contribution in [0.3, 0.4) is 0 Å². The first-order valence-electron chi connectivity index (χ1n) is 9.70. The van der Waals surface area contributed by atoms with E-state index in [9.17, 15) is 0 Å². The third kappa shape index (κ3) is 5.12. The van der Waals surface area contributed by atoms with Gasteiger partial charge in [0.2, 0.25) is 0 Å². The summed E-state index contributed by atoms with van der Waals surface area (Å²) in [5.41, 5.74) is 2.85. The number of nitrogens with one attached hydrogen (secondary N) is 2. The van der Waals surface area contributed by atoms with Gasteiger partial charge in [0.15, 0.2) is 5.96 Å². The van der Waals surface area contributed by atoms with Crippen LogP contribution >= 0.6 is 27.3 Å². The molecule has 1 aliphatic heterocycles. The standard InChI is InChI=1S/C21H27BrN4S/c1-23-21(25-20-12-19(20)16-2-4-17(22)5-3-16)24-18-6-9-26(10-7-18)13-15-8-11-27-14-15/h2-5,8,11,14,18-20H,6-7,9-10,12-13H2,1H3,(H2,23,24,25). The molecule has 2 aliphatic rings. The molecule has 2 atom stereocenters. The van der Waals surface area contributed by atoms with Crippen LogP contribution in [0, 0.1) is 0 Å². The van der Waals surface area contributed by atoms with E-state index < -0.39 is 0 Å². The van der Waals surface area contributed by atoms with Crippen LogP contribution in [0.25, 0.3) is 0 Å². The first-order chi connectivity index (χ1) is 13.2. The fraction of sp³-hybridized carbons (Fsp3) is 0.476. The van der Waals surface area contributed by atoms with E-state index in [-0.39, 0.29) is 0 Å². The van der Waals surface area contributed by atoms with E-state index in [1.54, 1.807) is 11.3 Å². The molecule has 1 aromatic carbocycles. The van der Waals surface area contributed by atoms with Gasteiger partial charge in [-0.15, -0.1) is 0 Å². The van der Waals surface area contributed by atoms with Gasteiger partial charge in [0.1, 0.15) is 0 Å². The van der Waals surface area contributed by atoms with E-state index in [0.29, 0.717) is 18.0 Å². The third-order valence-electron chi connectivity index (χ3n) is 5.55. The third-order valence-corrected chi connectivity index (χ3v) is 6.81. The van der Waals surface area contributed by atoms with Crippen LogP contribution in [0.15, 0.2) is 50.6 Å². The lowest BCUT2D eigenvalue weighted by atomic mass is 10.0. The second-order valence-corrected chi connectivity index (χ2v) is 9.24. The molecule has 4 nitrogen and oxygen atoms in total. The molecule has 1 aromatic heterocycles. The predicted octanol–water partition coefficient (Wildman–Crippen LogP) is 4.20. The van der Waals surface area contributed by atoms with Gasteiger partial charge < -0.3 is 10.6 Å². The lowest BCUT2D eigenvalue weighted by Crippen LogP contribution is -2.49. The van der Waals surface area contributed by atoms with Crippen LogP contribution < -0.4 is 10.6 Å². The maximum Gasteiger partial charge on any atom is 0.191 e. The molecule has 0 spiro atoms. The SMILES string of the molecule is CN=C(NC1CCN(Cc2ccsc2)CC1)NC1CC1c1ccc(Br)cc1. The number of guanidine groups is 1. The number of aliphatic imine (C=N–C) groups is 1. The Morgan fingerprint density at radius 3 is 2.63 bits per heavy atom. The van der Waals surface area contributed by atoms with Gasteiger partial charge in [-0.25, -0.2) is 0 Å². The van der Waals surface area contributed by atoms with Gasteiger partial charge in [-0.05, 0) is 59.3 Å². The minimum absolute atomic E-state index is 0.496. The summed E-state index contributed by atoms with van der Waals surface area (Å²) in [6, 6.07) is 11.9. The zero-order chi connectivity index (χ0) is 18.6. The summed E-state index contributed by atoms with van der Waals surface area (Å²) < 4.78 is 1.14. The molecule has 144 valence electrons. The molecule has 6 heteroatoms. The highest BCUT2D eigenvalue weighted by atomic mass is 79.9. The Morgan fingerprint density at radius 1 is 1.19 bits per heavy atom. The quantitative estimate of drug-likeness (QED) is 0.533. The van der Waals surface area contributed by atoms with E-state index in [1.807, 2.05) is 7.05 Å². The topological polar surface area (TPSA) is 39.7 Å². The Balaban J connectivity index is 1.22. The number of hydrogen-bond acceptors (Lipinski definition) is 3. The summed E-state index contributed by atoms with van der Waals surface area (Å²) in [5.74, 6) is 1.56. The summed E-state index contributed by atoms with van der Waals surface area (Å²) in [6.07, 6.45) is 3.53. The number of piperidine rings is 1. The van der Waals surface area contributed by atoms with Crippen molar-refractivity contribution in [2.45, 2.75) is 43.8 Å². The molecule has 0 amide bonds. The molecule has 1 saturated heterocycles. The van der Waals surface area contributed by atoms with Crippen LogP contribution in [0.4, 0.5) is 0 Å². The molecular formula is C21H27BrN4S. The van der Waals surface area contributed by atoms with E-state index in [4.69, 9.17) is 0 Å². The molecule has 2 aromatic rings. The van der Waals surface area contributed by atoms with Crippen LogP contribution in [0.2, 0.25) is 0 Å². The van der Waals surface area contributed by atoms with Crippen molar-refractivity contribution in [3.05, 3.63) is 56.7 Å². The van der Waals surface area contributed by atoms with Crippen molar-refractivity contribution in [2.75, 3.05) is 20.1 Å². The second kappa shape index (κ2) is 8.76. The maximum atomic E-state index is 4.46. The molecule has 4 rings (SSSR count). The molecule has 0 bridgehead atoms. The molecule has 1 aliphatic carbocycles. The number of likely N-dealkylation sites (tertiary alicyclic amines) is 1. The van der Waals surface area contributed by atoms with Crippen molar-refractivity contribution in [3.8, 4) is 0 Å². The van der Waals surface area contributed by atoms with Crippen LogP contribution in [-0.4, -0.2) is 43.1 Å². The Kier molecular flexibility index (Phi) is 6.15. The van der Waals surface area contributed by atoms with Crippen molar-refractivity contribution in [3.63, 3.8) is 0 Å². The fourth-order valence-corrected chi connectivity index (χ4v) is 4.77. The number of nitrogens with zero attached hydrogens (tertiary/aromatic N) is 2. The summed E-state index contributed by atoms with van der Waals surface area (Å²) in [4.78, 5) is 7.02. The molecule has 0 radical (unpaired) electrons. The molecule has 1 saturated carbocycles. The number of halogens is 1. The minimum atomic E-state index is 0.496. The number of hydrogen-bond donors (Lipinski definition) is 2. The molecule has 2 N–H and O–H groups in total. The largest absolute Gasteiger partial charge is 0.354 e. The smallest absolute Gasteiger partial charge is 0.191 e. The normalized spacial score (nSPS) is 24.0. The average Bonchev–Trinajstić information content (AvgIpc) is 3.25. The summed E-state index contributed by atoms with van der Waals surface area (Å²) in [7, 11) is 1.87. The molecule has 2 fully saturated rings. The molecule has 27 heavy (non-hydrogen) atoms. The van der Waals surface area contributed by atoms with Gasteiger partial charge >= 0.3 is 0 Å². The summed E-state index contributed by atoms with van der Waals surface area (Å²) in [5, 5.41) is 11.7. The lowest BCUT2D eigenvalue weighted by molar-refractivity contribution is 0.198. The van der Waals surface area contributed by atoms with Crippen molar-refractivity contribution in [1.29, 1.82) is 0 Å². The Morgan fingerprint density at radius 2 is 1.96 bits per heavy atom. The Labute approximate surface area is 174 Å². The van der Waals surface area contributed by atoms with Crippen LogP contribution in [0.1, 0.15) is 36.3 Å². The zero-order valence-corrected chi connectivity index (χ0v) is 18.1. The van der Waals surface area contributed by atoms with Gasteiger partial charge in [0, 0.05) is 49.2 Å². The Hall–Kier alpha value is -1.37. The summed E-state index contributed by atoms with van der Waals surface area (Å²) >= 11 is 5.30. The highest BCUT2D eigenvalue weighted by Crippen LogP contribution is 2.41. The fourth-order valence-electron chi connectivity index (χ4n) is 3.85. The number of rotatable bonds is 5. The van der Waals surface area contributed by atoms with Gasteiger partial charge in [-0.2, -0.15) is 11.3 Å². The van der Waals surface area contributed by atoms with Crippen molar-refractivity contribution >= 4 is 33.2 Å². The van der Waals surface area contributed by atoms with Gasteiger partial charge in [0.05, 0.1) is 0 Å². The molecule has 2 heterocycles. The van der Waals surface area contributed by atoms with E-state index in [2.05, 4.69) is 77.5 Å². The molecule has 2 unspecified atom stereocenters. The first kappa shape index (κ1) is 19.0. The highest BCUT2D eigenvalue weighted by Gasteiger charge is 2.39. The minimum Gasteiger partial charge on any atom is -0.354 e. The van der Waals surface area contributed by atoms with E-state index in [1.165, 1.54) is 30.4 Å². The zero-order valence-electron chi connectivity index (χ0n) is 15.7. The maximum absolute atomic E-state index is 4.46. The second-order valence-electron chi connectivity index (χ2n) is 7.54. The lowest BCUT2D eigenvalue weighted by Gasteiger charge is -2.33. The predicted molar refractivity (Wildman–Crippen MR) is 118 cm³/mol.